The molecule has 1 aliphatic rings. The zero-order chi connectivity index (χ0) is 17.5. The molecule has 5 heteroatoms. The molecule has 1 aromatic carbocycles. The maximum absolute atomic E-state index is 12.2. The minimum Gasteiger partial charge on any atom is -0.352 e. The van der Waals surface area contributed by atoms with E-state index in [4.69, 9.17) is 0 Å². The Labute approximate surface area is 154 Å². The van der Waals surface area contributed by atoms with Crippen LogP contribution in [-0.2, 0) is 6.54 Å². The number of nitrogens with one attached hydrogen (secondary N) is 1. The largest absolute Gasteiger partial charge is 0.352 e. The van der Waals surface area contributed by atoms with Crippen molar-refractivity contribution >= 4 is 17.7 Å². The van der Waals surface area contributed by atoms with Crippen LogP contribution < -0.4 is 5.32 Å². The van der Waals surface area contributed by atoms with Crippen molar-refractivity contribution in [1.82, 2.24) is 15.2 Å². The van der Waals surface area contributed by atoms with Crippen molar-refractivity contribution < 1.29 is 4.79 Å². The average Bonchev–Trinajstić information content (AvgIpc) is 2.68. The van der Waals surface area contributed by atoms with Gasteiger partial charge in [-0.05, 0) is 61.4 Å². The van der Waals surface area contributed by atoms with Crippen molar-refractivity contribution in [2.75, 3.05) is 25.9 Å². The first kappa shape index (κ1) is 18.0. The van der Waals surface area contributed by atoms with E-state index in [0.29, 0.717) is 11.5 Å². The van der Waals surface area contributed by atoms with Crippen LogP contribution in [0, 0.1) is 5.92 Å². The number of hydrogen-bond donors (Lipinski definition) is 1. The van der Waals surface area contributed by atoms with Crippen LogP contribution in [0.25, 0.3) is 0 Å². The fourth-order valence-electron chi connectivity index (χ4n) is 3.29. The van der Waals surface area contributed by atoms with Crippen molar-refractivity contribution in [1.29, 1.82) is 0 Å². The van der Waals surface area contributed by atoms with Crippen molar-refractivity contribution in [2.45, 2.75) is 24.3 Å². The molecule has 1 amide bonds. The Hall–Kier alpha value is -1.85. The molecule has 1 aliphatic heterocycles. The molecule has 0 spiro atoms. The van der Waals surface area contributed by atoms with Crippen molar-refractivity contribution in [3.8, 4) is 0 Å². The summed E-state index contributed by atoms with van der Waals surface area (Å²) in [6, 6.07) is 12.4. The summed E-state index contributed by atoms with van der Waals surface area (Å²) in [7, 11) is 0. The molecule has 3 rings (SSSR count). The molecular formula is C20H25N3OS. The molecule has 2 aromatic rings. The second-order valence-electron chi connectivity index (χ2n) is 6.54. The van der Waals surface area contributed by atoms with Gasteiger partial charge in [-0.25, -0.2) is 0 Å². The van der Waals surface area contributed by atoms with E-state index in [9.17, 15) is 4.79 Å². The standard InChI is InChI=1S/C20H25N3OS/c1-25-19-8-6-16(7-9-19)14-23-11-3-4-17(15-23)12-22-20(24)18-5-2-10-21-13-18/h2,5-10,13,17H,3-4,11-12,14-15H2,1H3,(H,22,24). The Balaban J connectivity index is 1.48. The van der Waals surface area contributed by atoms with E-state index in [2.05, 4.69) is 45.7 Å². The Bertz CT molecular complexity index is 675. The molecular weight excluding hydrogens is 330 g/mol. The zero-order valence-electron chi connectivity index (χ0n) is 14.6. The number of carbonyl (C=O) groups excluding carboxylic acids is 1. The SMILES string of the molecule is CSc1ccc(CN2CCCC(CNC(=O)c3cccnc3)C2)cc1. The third-order valence-corrected chi connectivity index (χ3v) is 5.39. The first-order valence-electron chi connectivity index (χ1n) is 8.78. The van der Waals surface area contributed by atoms with E-state index in [1.807, 2.05) is 0 Å². The van der Waals surface area contributed by atoms with Gasteiger partial charge in [0.1, 0.15) is 0 Å². The number of thioether (sulfide) groups is 1. The second kappa shape index (κ2) is 9.02. The highest BCUT2D eigenvalue weighted by Crippen LogP contribution is 2.20. The summed E-state index contributed by atoms with van der Waals surface area (Å²) in [5.41, 5.74) is 1.99. The Morgan fingerprint density at radius 3 is 2.88 bits per heavy atom. The minimum atomic E-state index is -0.0297. The van der Waals surface area contributed by atoms with E-state index in [1.165, 1.54) is 23.3 Å². The monoisotopic (exact) mass is 355 g/mol. The highest BCUT2D eigenvalue weighted by atomic mass is 32.2. The summed E-state index contributed by atoms with van der Waals surface area (Å²) in [5.74, 6) is 0.484. The van der Waals surface area contributed by atoms with Gasteiger partial charge in [0.05, 0.1) is 5.56 Å². The number of nitrogens with zero attached hydrogens (tertiary/aromatic N) is 2. The van der Waals surface area contributed by atoms with E-state index < -0.39 is 0 Å². The minimum absolute atomic E-state index is 0.0297. The van der Waals surface area contributed by atoms with Crippen LogP contribution in [0.2, 0.25) is 0 Å². The number of hydrogen-bond acceptors (Lipinski definition) is 4. The van der Waals surface area contributed by atoms with Crippen molar-refractivity contribution in [3.05, 3.63) is 59.9 Å². The van der Waals surface area contributed by atoms with E-state index >= 15 is 0 Å². The van der Waals surface area contributed by atoms with E-state index in [1.54, 1.807) is 36.3 Å². The van der Waals surface area contributed by atoms with Crippen molar-refractivity contribution in [3.63, 3.8) is 0 Å². The van der Waals surface area contributed by atoms with Crippen LogP contribution in [0.5, 0.6) is 0 Å². The highest BCUT2D eigenvalue weighted by Gasteiger charge is 2.20. The molecule has 0 bridgehead atoms. The normalized spacial score (nSPS) is 18.0. The summed E-state index contributed by atoms with van der Waals surface area (Å²) >= 11 is 1.77. The molecule has 2 heterocycles. The lowest BCUT2D eigenvalue weighted by molar-refractivity contribution is 0.0930. The molecule has 4 nitrogen and oxygen atoms in total. The van der Waals surface area contributed by atoms with E-state index in [0.717, 1.165) is 26.2 Å². The quantitative estimate of drug-likeness (QED) is 0.806. The molecule has 1 saturated heterocycles. The molecule has 1 unspecified atom stereocenters. The topological polar surface area (TPSA) is 45.2 Å². The molecule has 0 aliphatic carbocycles. The van der Waals surface area contributed by atoms with Gasteiger partial charge < -0.3 is 5.32 Å². The maximum atomic E-state index is 12.2. The van der Waals surface area contributed by atoms with Gasteiger partial charge in [0.15, 0.2) is 0 Å². The fraction of sp³-hybridized carbons (Fsp3) is 0.400. The number of piperidine rings is 1. The van der Waals surface area contributed by atoms with Crippen LogP contribution in [0.3, 0.4) is 0 Å². The van der Waals surface area contributed by atoms with Gasteiger partial charge in [0.2, 0.25) is 0 Å². The van der Waals surface area contributed by atoms with E-state index in [-0.39, 0.29) is 5.91 Å². The highest BCUT2D eigenvalue weighted by molar-refractivity contribution is 7.98. The number of likely N-dealkylation sites (tertiary alicyclic amines) is 1. The second-order valence-corrected chi connectivity index (χ2v) is 7.42. The fourth-order valence-corrected chi connectivity index (χ4v) is 3.70. The molecule has 1 aromatic heterocycles. The van der Waals surface area contributed by atoms with Crippen LogP contribution in [0.15, 0.2) is 53.7 Å². The van der Waals surface area contributed by atoms with Crippen LogP contribution in [0.1, 0.15) is 28.8 Å². The first-order chi connectivity index (χ1) is 12.2. The molecule has 0 saturated carbocycles. The van der Waals surface area contributed by atoms with Gasteiger partial charge in [-0.3, -0.25) is 14.7 Å². The Morgan fingerprint density at radius 1 is 1.32 bits per heavy atom. The summed E-state index contributed by atoms with van der Waals surface area (Å²) in [6.07, 6.45) is 7.76. The Morgan fingerprint density at radius 2 is 2.16 bits per heavy atom. The van der Waals surface area contributed by atoms with Gasteiger partial charge in [0, 0.05) is 36.9 Å². The Kier molecular flexibility index (Phi) is 6.48. The summed E-state index contributed by atoms with van der Waals surface area (Å²) < 4.78 is 0. The van der Waals surface area contributed by atoms with Gasteiger partial charge in [-0.2, -0.15) is 0 Å². The molecule has 132 valence electrons. The molecule has 1 N–H and O–H groups in total. The van der Waals surface area contributed by atoms with Crippen LogP contribution in [-0.4, -0.2) is 41.7 Å². The molecule has 25 heavy (non-hydrogen) atoms. The molecule has 0 radical (unpaired) electrons. The first-order valence-corrected chi connectivity index (χ1v) is 10.0. The predicted octanol–water partition coefficient (Wildman–Crippen LogP) is 3.45. The van der Waals surface area contributed by atoms with Crippen LogP contribution >= 0.6 is 11.8 Å². The summed E-state index contributed by atoms with van der Waals surface area (Å²) in [6.45, 7) is 3.90. The smallest absolute Gasteiger partial charge is 0.252 e. The zero-order valence-corrected chi connectivity index (χ0v) is 15.5. The lowest BCUT2D eigenvalue weighted by Gasteiger charge is -2.32. The molecule has 1 fully saturated rings. The van der Waals surface area contributed by atoms with Gasteiger partial charge in [-0.15, -0.1) is 11.8 Å². The number of pyridine rings is 1. The number of rotatable bonds is 6. The lowest BCUT2D eigenvalue weighted by atomic mass is 9.97. The number of carbonyl (C=O) groups is 1. The van der Waals surface area contributed by atoms with Crippen LogP contribution in [0.4, 0.5) is 0 Å². The third-order valence-electron chi connectivity index (χ3n) is 4.64. The summed E-state index contributed by atoms with van der Waals surface area (Å²) in [4.78, 5) is 20.0. The lowest BCUT2D eigenvalue weighted by Crippen LogP contribution is -2.40. The maximum Gasteiger partial charge on any atom is 0.252 e. The number of amides is 1. The van der Waals surface area contributed by atoms with Gasteiger partial charge in [-0.1, -0.05) is 12.1 Å². The predicted molar refractivity (Wildman–Crippen MR) is 103 cm³/mol. The summed E-state index contributed by atoms with van der Waals surface area (Å²) in [5, 5.41) is 3.06. The number of benzene rings is 1. The third kappa shape index (κ3) is 5.31. The average molecular weight is 356 g/mol. The molecule has 1 atom stereocenters. The number of aromatic nitrogens is 1. The van der Waals surface area contributed by atoms with Crippen molar-refractivity contribution in [2.24, 2.45) is 5.92 Å². The van der Waals surface area contributed by atoms with Gasteiger partial charge >= 0.3 is 0 Å². The van der Waals surface area contributed by atoms with Gasteiger partial charge in [0.25, 0.3) is 5.91 Å².